The van der Waals surface area contributed by atoms with Crippen LogP contribution >= 0.6 is 11.6 Å². The molecule has 0 atom stereocenters. The summed E-state index contributed by atoms with van der Waals surface area (Å²) in [6, 6.07) is 7.45. The van der Waals surface area contributed by atoms with E-state index in [1.807, 2.05) is 49.8 Å². The molecule has 102 valence electrons. The Bertz CT molecular complexity index is 638. The molecule has 0 amide bonds. The van der Waals surface area contributed by atoms with Gasteiger partial charge in [-0.05, 0) is 23.6 Å². The molecule has 2 rings (SSSR count). The van der Waals surface area contributed by atoms with Gasteiger partial charge in [0.05, 0.1) is 12.2 Å². The highest BCUT2D eigenvalue weighted by Crippen LogP contribution is 2.19. The van der Waals surface area contributed by atoms with Gasteiger partial charge in [0.2, 0.25) is 0 Å². The van der Waals surface area contributed by atoms with Crippen molar-refractivity contribution in [2.45, 2.75) is 26.3 Å². The lowest BCUT2D eigenvalue weighted by molar-refractivity contribution is 0.508. The Morgan fingerprint density at radius 3 is 2.32 bits per heavy atom. The van der Waals surface area contributed by atoms with Gasteiger partial charge in [0.1, 0.15) is 5.69 Å². The van der Waals surface area contributed by atoms with Crippen molar-refractivity contribution < 1.29 is 0 Å². The summed E-state index contributed by atoms with van der Waals surface area (Å²) in [7, 11) is 1.86. The number of aromatic nitrogens is 2. The van der Waals surface area contributed by atoms with Crippen molar-refractivity contribution in [3.8, 4) is 0 Å². The van der Waals surface area contributed by atoms with Crippen molar-refractivity contribution in [3.63, 3.8) is 0 Å². The van der Waals surface area contributed by atoms with Crippen molar-refractivity contribution >= 4 is 17.3 Å². The van der Waals surface area contributed by atoms with E-state index in [-0.39, 0.29) is 11.5 Å². The molecule has 0 saturated carbocycles. The maximum Gasteiger partial charge on any atom is 0.290 e. The largest absolute Gasteiger partial charge is 0.393 e. The van der Waals surface area contributed by atoms with E-state index >= 15 is 0 Å². The fraction of sp³-hybridized carbons (Fsp3) is 0.357. The zero-order valence-corrected chi connectivity index (χ0v) is 12.1. The van der Waals surface area contributed by atoms with Gasteiger partial charge in [-0.15, -0.1) is 0 Å². The van der Waals surface area contributed by atoms with Crippen molar-refractivity contribution in [1.29, 1.82) is 0 Å². The maximum atomic E-state index is 12.2. The molecule has 1 aromatic carbocycles. The van der Waals surface area contributed by atoms with Crippen LogP contribution in [0.2, 0.25) is 5.02 Å². The van der Waals surface area contributed by atoms with Gasteiger partial charge in [0, 0.05) is 12.1 Å². The number of benzene rings is 1. The Kier molecular flexibility index (Phi) is 3.71. The molecule has 19 heavy (non-hydrogen) atoms. The molecule has 2 N–H and O–H groups in total. The highest BCUT2D eigenvalue weighted by Gasteiger charge is 2.17. The van der Waals surface area contributed by atoms with Crippen molar-refractivity contribution in [2.75, 3.05) is 5.73 Å². The van der Waals surface area contributed by atoms with Gasteiger partial charge in [0.15, 0.2) is 0 Å². The molecule has 0 aliphatic rings. The predicted octanol–water partition coefficient (Wildman–Crippen LogP) is 2.59. The molecule has 0 unspecified atom stereocenters. The van der Waals surface area contributed by atoms with Crippen molar-refractivity contribution in [2.24, 2.45) is 7.05 Å². The topological polar surface area (TPSA) is 53.0 Å². The molecular formula is C14H18ClN3O. The Hall–Kier alpha value is -1.68. The molecule has 0 bridgehead atoms. The zero-order valence-electron chi connectivity index (χ0n) is 11.4. The molecule has 0 saturated heterocycles. The minimum Gasteiger partial charge on any atom is -0.393 e. The second kappa shape index (κ2) is 5.13. The van der Waals surface area contributed by atoms with Crippen LogP contribution in [-0.4, -0.2) is 9.36 Å². The minimum absolute atomic E-state index is 0.138. The molecule has 0 fully saturated rings. The Morgan fingerprint density at radius 1 is 1.26 bits per heavy atom. The summed E-state index contributed by atoms with van der Waals surface area (Å²) >= 11 is 5.85. The first-order chi connectivity index (χ1) is 8.91. The maximum absolute atomic E-state index is 12.2. The SMILES string of the molecule is CC(C)c1c(N)c(=O)n(Cc2ccc(Cl)cc2)n1C. The summed E-state index contributed by atoms with van der Waals surface area (Å²) in [6.45, 7) is 4.54. The number of hydrogen-bond acceptors (Lipinski definition) is 2. The summed E-state index contributed by atoms with van der Waals surface area (Å²) < 4.78 is 3.49. The Morgan fingerprint density at radius 2 is 1.84 bits per heavy atom. The van der Waals surface area contributed by atoms with Crippen LogP contribution in [0.3, 0.4) is 0 Å². The number of nitrogens with two attached hydrogens (primary N) is 1. The summed E-state index contributed by atoms with van der Waals surface area (Å²) in [5.41, 5.74) is 8.00. The van der Waals surface area contributed by atoms with Gasteiger partial charge in [-0.1, -0.05) is 37.6 Å². The van der Waals surface area contributed by atoms with E-state index in [0.29, 0.717) is 17.3 Å². The van der Waals surface area contributed by atoms with Crippen molar-refractivity contribution in [3.05, 3.63) is 50.9 Å². The van der Waals surface area contributed by atoms with Crippen LogP contribution in [0.25, 0.3) is 0 Å². The van der Waals surface area contributed by atoms with Gasteiger partial charge in [-0.3, -0.25) is 9.48 Å². The average Bonchev–Trinajstić information content (AvgIpc) is 2.56. The zero-order chi connectivity index (χ0) is 14.2. The molecule has 0 radical (unpaired) electrons. The third-order valence-electron chi connectivity index (χ3n) is 3.24. The fourth-order valence-corrected chi connectivity index (χ4v) is 2.44. The lowest BCUT2D eigenvalue weighted by Gasteiger charge is -2.12. The van der Waals surface area contributed by atoms with Crippen LogP contribution in [0, 0.1) is 0 Å². The molecule has 2 aromatic rings. The van der Waals surface area contributed by atoms with E-state index in [4.69, 9.17) is 17.3 Å². The smallest absolute Gasteiger partial charge is 0.290 e. The monoisotopic (exact) mass is 279 g/mol. The normalized spacial score (nSPS) is 11.2. The number of nitrogen functional groups attached to an aromatic ring is 1. The van der Waals surface area contributed by atoms with Crippen LogP contribution in [-0.2, 0) is 13.6 Å². The van der Waals surface area contributed by atoms with Crippen LogP contribution in [0.4, 0.5) is 5.69 Å². The van der Waals surface area contributed by atoms with Crippen LogP contribution in [0.15, 0.2) is 29.1 Å². The molecular weight excluding hydrogens is 262 g/mol. The summed E-state index contributed by atoms with van der Waals surface area (Å²) in [5.74, 6) is 0.212. The van der Waals surface area contributed by atoms with Crippen molar-refractivity contribution in [1.82, 2.24) is 9.36 Å². The molecule has 1 heterocycles. The van der Waals surface area contributed by atoms with Crippen LogP contribution in [0.1, 0.15) is 31.0 Å². The quantitative estimate of drug-likeness (QED) is 0.939. The van der Waals surface area contributed by atoms with Gasteiger partial charge in [0.25, 0.3) is 5.56 Å². The van der Waals surface area contributed by atoms with E-state index in [2.05, 4.69) is 0 Å². The Labute approximate surface area is 117 Å². The number of anilines is 1. The van der Waals surface area contributed by atoms with Gasteiger partial charge in [-0.25, -0.2) is 4.68 Å². The van der Waals surface area contributed by atoms with Gasteiger partial charge >= 0.3 is 0 Å². The van der Waals surface area contributed by atoms with E-state index in [0.717, 1.165) is 11.3 Å². The molecule has 0 aliphatic heterocycles. The number of halogens is 1. The predicted molar refractivity (Wildman–Crippen MR) is 78.7 cm³/mol. The number of hydrogen-bond donors (Lipinski definition) is 1. The first-order valence-electron chi connectivity index (χ1n) is 6.21. The minimum atomic E-state index is -0.138. The Balaban J connectivity index is 2.44. The lowest BCUT2D eigenvalue weighted by atomic mass is 10.1. The molecule has 4 nitrogen and oxygen atoms in total. The van der Waals surface area contributed by atoms with E-state index in [1.165, 1.54) is 0 Å². The standard InChI is InChI=1S/C14H18ClN3O/c1-9(2)13-12(16)14(19)18(17(13)3)8-10-4-6-11(15)7-5-10/h4-7,9H,8,16H2,1-3H3. The second-order valence-electron chi connectivity index (χ2n) is 4.97. The van der Waals surface area contributed by atoms with Gasteiger partial charge < -0.3 is 5.73 Å². The van der Waals surface area contributed by atoms with E-state index in [9.17, 15) is 4.79 Å². The molecule has 0 aliphatic carbocycles. The third kappa shape index (κ3) is 2.54. The first kappa shape index (κ1) is 13.7. The summed E-state index contributed by atoms with van der Waals surface area (Å²) in [4.78, 5) is 12.2. The highest BCUT2D eigenvalue weighted by molar-refractivity contribution is 6.30. The number of nitrogens with zero attached hydrogens (tertiary/aromatic N) is 2. The number of rotatable bonds is 3. The average molecular weight is 280 g/mol. The second-order valence-corrected chi connectivity index (χ2v) is 5.40. The summed E-state index contributed by atoms with van der Waals surface area (Å²) in [5, 5.41) is 0.686. The highest BCUT2D eigenvalue weighted by atomic mass is 35.5. The van der Waals surface area contributed by atoms with Gasteiger partial charge in [-0.2, -0.15) is 0 Å². The van der Waals surface area contributed by atoms with E-state index in [1.54, 1.807) is 4.68 Å². The molecule has 0 spiro atoms. The molecule has 1 aromatic heterocycles. The molecule has 5 heteroatoms. The van der Waals surface area contributed by atoms with Crippen LogP contribution in [0.5, 0.6) is 0 Å². The first-order valence-corrected chi connectivity index (χ1v) is 6.59. The van der Waals surface area contributed by atoms with Crippen LogP contribution < -0.4 is 11.3 Å². The fourth-order valence-electron chi connectivity index (χ4n) is 2.31. The summed E-state index contributed by atoms with van der Waals surface area (Å²) in [6.07, 6.45) is 0. The van der Waals surface area contributed by atoms with E-state index < -0.39 is 0 Å². The third-order valence-corrected chi connectivity index (χ3v) is 3.50. The lowest BCUT2D eigenvalue weighted by Crippen LogP contribution is -2.23.